The highest BCUT2D eigenvalue weighted by Crippen LogP contribution is 2.47. The van der Waals surface area contributed by atoms with Gasteiger partial charge < -0.3 is 15.0 Å². The predicted molar refractivity (Wildman–Crippen MR) is 90.5 cm³/mol. The van der Waals surface area contributed by atoms with Crippen LogP contribution in [0.5, 0.6) is 0 Å². The number of piperidine rings is 1. The molecule has 5 rings (SSSR count). The lowest BCUT2D eigenvalue weighted by Crippen LogP contribution is -2.50. The minimum absolute atomic E-state index is 0.287. The molecule has 24 heavy (non-hydrogen) atoms. The van der Waals surface area contributed by atoms with Crippen LogP contribution in [-0.4, -0.2) is 37.1 Å². The number of fused-ring (bicyclic) bond motifs is 3. The molecule has 2 N–H and O–H groups in total. The topological polar surface area (TPSA) is 77.9 Å². The quantitative estimate of drug-likeness (QED) is 0.758. The zero-order valence-electron chi connectivity index (χ0n) is 13.3. The first-order valence-corrected chi connectivity index (χ1v) is 8.45. The molecule has 1 aromatic carbocycles. The monoisotopic (exact) mass is 321 g/mol. The molecule has 4 heterocycles. The Hall–Kier alpha value is -2.47. The van der Waals surface area contributed by atoms with Crippen molar-refractivity contribution in [1.29, 1.82) is 0 Å². The maximum Gasteiger partial charge on any atom is 0.182 e. The number of anilines is 1. The van der Waals surface area contributed by atoms with Crippen molar-refractivity contribution in [2.24, 2.45) is 0 Å². The number of nitrogens with one attached hydrogen (secondary N) is 1. The number of aromatic amines is 1. The Morgan fingerprint density at radius 2 is 1.79 bits per heavy atom. The maximum atomic E-state index is 11.3. The highest BCUT2D eigenvalue weighted by molar-refractivity contribution is 5.83. The number of aliphatic hydroxyl groups is 1. The molecular formula is C18H19N5O. The molecule has 0 aliphatic carbocycles. The molecule has 2 aromatic heterocycles. The van der Waals surface area contributed by atoms with E-state index in [-0.39, 0.29) is 12.1 Å². The summed E-state index contributed by atoms with van der Waals surface area (Å²) in [6.45, 7) is 0. The molecular weight excluding hydrogens is 302 g/mol. The molecule has 0 radical (unpaired) electrons. The van der Waals surface area contributed by atoms with Gasteiger partial charge in [-0.2, -0.15) is 0 Å². The zero-order valence-corrected chi connectivity index (χ0v) is 13.3. The normalized spacial score (nSPS) is 29.3. The SMILES string of the molecule is OC1(c2ccccc2)C[C@H]2CC[C@@H](C1)N2c1ncnc2nc[nH]c12. The third-order valence-electron chi connectivity index (χ3n) is 5.53. The minimum Gasteiger partial charge on any atom is -0.385 e. The summed E-state index contributed by atoms with van der Waals surface area (Å²) in [7, 11) is 0. The van der Waals surface area contributed by atoms with Gasteiger partial charge in [0.1, 0.15) is 11.8 Å². The van der Waals surface area contributed by atoms with Gasteiger partial charge in [-0.05, 0) is 18.4 Å². The van der Waals surface area contributed by atoms with Crippen LogP contribution in [0.3, 0.4) is 0 Å². The van der Waals surface area contributed by atoms with Gasteiger partial charge >= 0.3 is 0 Å². The summed E-state index contributed by atoms with van der Waals surface area (Å²) in [5.74, 6) is 0.917. The Morgan fingerprint density at radius 1 is 1.04 bits per heavy atom. The van der Waals surface area contributed by atoms with Crippen molar-refractivity contribution in [1.82, 2.24) is 19.9 Å². The standard InChI is InChI=1S/C18H19N5O/c24-18(12-4-2-1-3-5-12)8-13-6-7-14(9-18)23(13)17-15-16(20-10-19-15)21-11-22-17/h1-5,10-11,13-14,24H,6-9H2,(H,19,20,21,22)/t13-,14+,18?. The van der Waals surface area contributed by atoms with E-state index in [1.165, 1.54) is 0 Å². The number of hydrogen-bond acceptors (Lipinski definition) is 5. The summed E-state index contributed by atoms with van der Waals surface area (Å²) in [4.78, 5) is 18.5. The molecule has 0 amide bonds. The summed E-state index contributed by atoms with van der Waals surface area (Å²) in [5.41, 5.74) is 1.86. The van der Waals surface area contributed by atoms with Crippen LogP contribution in [0, 0.1) is 0 Å². The van der Waals surface area contributed by atoms with Crippen LogP contribution in [0.15, 0.2) is 43.0 Å². The molecule has 2 fully saturated rings. The van der Waals surface area contributed by atoms with Crippen LogP contribution in [0.25, 0.3) is 11.2 Å². The molecule has 0 saturated carbocycles. The molecule has 6 nitrogen and oxygen atoms in total. The fourth-order valence-corrected chi connectivity index (χ4v) is 4.50. The van der Waals surface area contributed by atoms with Gasteiger partial charge in [-0.15, -0.1) is 0 Å². The average molecular weight is 321 g/mol. The molecule has 2 saturated heterocycles. The van der Waals surface area contributed by atoms with E-state index in [0.29, 0.717) is 5.65 Å². The molecule has 3 atom stereocenters. The van der Waals surface area contributed by atoms with E-state index in [2.05, 4.69) is 24.8 Å². The Morgan fingerprint density at radius 3 is 2.54 bits per heavy atom. The van der Waals surface area contributed by atoms with E-state index in [4.69, 9.17) is 0 Å². The second-order valence-corrected chi connectivity index (χ2v) is 6.90. The van der Waals surface area contributed by atoms with E-state index in [1.807, 2.05) is 30.3 Å². The van der Waals surface area contributed by atoms with Gasteiger partial charge in [0.05, 0.1) is 11.9 Å². The maximum absolute atomic E-state index is 11.3. The van der Waals surface area contributed by atoms with Crippen molar-refractivity contribution in [3.63, 3.8) is 0 Å². The van der Waals surface area contributed by atoms with Crippen molar-refractivity contribution in [3.8, 4) is 0 Å². The van der Waals surface area contributed by atoms with E-state index >= 15 is 0 Å². The Balaban J connectivity index is 1.53. The van der Waals surface area contributed by atoms with Gasteiger partial charge in [0.25, 0.3) is 0 Å². The largest absolute Gasteiger partial charge is 0.385 e. The third-order valence-corrected chi connectivity index (χ3v) is 5.53. The summed E-state index contributed by atoms with van der Waals surface area (Å²) >= 11 is 0. The molecule has 2 bridgehead atoms. The lowest BCUT2D eigenvalue weighted by Gasteiger charge is -2.44. The summed E-state index contributed by atoms with van der Waals surface area (Å²) in [5, 5.41) is 11.3. The first-order chi connectivity index (χ1) is 11.7. The lowest BCUT2D eigenvalue weighted by molar-refractivity contribution is -0.00313. The molecule has 122 valence electrons. The van der Waals surface area contributed by atoms with Crippen molar-refractivity contribution < 1.29 is 5.11 Å². The number of nitrogens with zero attached hydrogens (tertiary/aromatic N) is 4. The highest BCUT2D eigenvalue weighted by atomic mass is 16.3. The number of H-pyrrole nitrogens is 1. The molecule has 1 unspecified atom stereocenters. The number of imidazole rings is 1. The fourth-order valence-electron chi connectivity index (χ4n) is 4.50. The van der Waals surface area contributed by atoms with Crippen molar-refractivity contribution >= 4 is 17.0 Å². The molecule has 2 aliphatic heterocycles. The van der Waals surface area contributed by atoms with Crippen LogP contribution < -0.4 is 4.90 Å². The summed E-state index contributed by atoms with van der Waals surface area (Å²) < 4.78 is 0. The first kappa shape index (κ1) is 13.9. The number of rotatable bonds is 2. The summed E-state index contributed by atoms with van der Waals surface area (Å²) in [6, 6.07) is 10.6. The van der Waals surface area contributed by atoms with Gasteiger partial charge in [-0.3, -0.25) is 0 Å². The van der Waals surface area contributed by atoms with Crippen LogP contribution in [-0.2, 0) is 5.60 Å². The Bertz CT molecular complexity index is 863. The van der Waals surface area contributed by atoms with E-state index in [0.717, 1.165) is 42.6 Å². The van der Waals surface area contributed by atoms with Gasteiger partial charge in [-0.25, -0.2) is 15.0 Å². The molecule has 6 heteroatoms. The zero-order chi connectivity index (χ0) is 16.1. The molecule has 0 spiro atoms. The van der Waals surface area contributed by atoms with Crippen molar-refractivity contribution in [3.05, 3.63) is 48.5 Å². The van der Waals surface area contributed by atoms with Crippen LogP contribution in [0.4, 0.5) is 5.82 Å². The van der Waals surface area contributed by atoms with Gasteiger partial charge in [0.2, 0.25) is 0 Å². The van der Waals surface area contributed by atoms with Gasteiger partial charge in [0, 0.05) is 24.9 Å². The van der Waals surface area contributed by atoms with Crippen LogP contribution >= 0.6 is 0 Å². The third kappa shape index (κ3) is 1.96. The van der Waals surface area contributed by atoms with Crippen molar-refractivity contribution in [2.75, 3.05) is 4.90 Å². The van der Waals surface area contributed by atoms with E-state index < -0.39 is 5.60 Å². The van der Waals surface area contributed by atoms with E-state index in [9.17, 15) is 5.11 Å². The first-order valence-electron chi connectivity index (χ1n) is 8.45. The smallest absolute Gasteiger partial charge is 0.182 e. The fraction of sp³-hybridized carbons (Fsp3) is 0.389. The number of hydrogen-bond donors (Lipinski definition) is 2. The number of aromatic nitrogens is 4. The molecule has 2 aliphatic rings. The van der Waals surface area contributed by atoms with E-state index in [1.54, 1.807) is 12.7 Å². The second kappa shape index (κ2) is 5.01. The second-order valence-electron chi connectivity index (χ2n) is 6.90. The summed E-state index contributed by atoms with van der Waals surface area (Å²) in [6.07, 6.45) is 6.87. The minimum atomic E-state index is -0.746. The average Bonchev–Trinajstić information content (AvgIpc) is 3.19. The van der Waals surface area contributed by atoms with Crippen LogP contribution in [0.1, 0.15) is 31.2 Å². The molecule has 3 aromatic rings. The Labute approximate surface area is 139 Å². The highest BCUT2D eigenvalue weighted by Gasteiger charge is 2.49. The lowest BCUT2D eigenvalue weighted by atomic mass is 9.80. The van der Waals surface area contributed by atoms with Gasteiger partial charge in [-0.1, -0.05) is 30.3 Å². The predicted octanol–water partition coefficient (Wildman–Crippen LogP) is 2.37. The van der Waals surface area contributed by atoms with Gasteiger partial charge in [0.15, 0.2) is 11.5 Å². The van der Waals surface area contributed by atoms with Crippen molar-refractivity contribution in [2.45, 2.75) is 43.4 Å². The Kier molecular flexibility index (Phi) is 2.91. The number of benzene rings is 1. The van der Waals surface area contributed by atoms with Crippen LogP contribution in [0.2, 0.25) is 0 Å².